The van der Waals surface area contributed by atoms with Crippen LogP contribution in [0.25, 0.3) is 0 Å². The molecule has 1 aliphatic rings. The molecule has 5 nitrogen and oxygen atoms in total. The number of carbonyl (C=O) groups excluding carboxylic acids is 1. The lowest BCUT2D eigenvalue weighted by Gasteiger charge is -2.03. The zero-order chi connectivity index (χ0) is 12.5. The van der Waals surface area contributed by atoms with Crippen LogP contribution in [-0.2, 0) is 0 Å². The summed E-state index contributed by atoms with van der Waals surface area (Å²) in [5.74, 6) is 1.09. The molecule has 1 amide bonds. The first-order chi connectivity index (χ1) is 8.74. The largest absolute Gasteiger partial charge is 0.398 e. The van der Waals surface area contributed by atoms with E-state index < -0.39 is 0 Å². The van der Waals surface area contributed by atoms with Gasteiger partial charge < -0.3 is 5.73 Å². The van der Waals surface area contributed by atoms with E-state index in [4.69, 9.17) is 5.73 Å². The molecule has 3 N–H and O–H groups in total. The number of nitrogens with two attached hydrogens (primary N) is 1. The second-order valence-corrected chi connectivity index (χ2v) is 5.03. The van der Waals surface area contributed by atoms with Gasteiger partial charge in [-0.2, -0.15) is 4.37 Å². The zero-order valence-electron chi connectivity index (χ0n) is 9.59. The number of para-hydroxylation sites is 1. The highest BCUT2D eigenvalue weighted by molar-refractivity contribution is 7.09. The molecule has 0 aliphatic heterocycles. The second kappa shape index (κ2) is 4.38. The van der Waals surface area contributed by atoms with Crippen LogP contribution in [0.15, 0.2) is 24.3 Å². The van der Waals surface area contributed by atoms with Crippen LogP contribution >= 0.6 is 11.5 Å². The Kier molecular flexibility index (Phi) is 2.71. The molecule has 1 heterocycles. The number of carbonyl (C=O) groups is 1. The quantitative estimate of drug-likeness (QED) is 0.829. The molecule has 92 valence electrons. The molecule has 0 unspecified atom stereocenters. The molecule has 6 heteroatoms. The van der Waals surface area contributed by atoms with Crippen molar-refractivity contribution in [1.82, 2.24) is 9.36 Å². The normalized spacial score (nSPS) is 14.4. The van der Waals surface area contributed by atoms with E-state index in [1.165, 1.54) is 11.5 Å². The molecule has 1 aromatic carbocycles. The SMILES string of the molecule is Nc1ccccc1C(=O)Nc1nc(C2CC2)ns1. The second-order valence-electron chi connectivity index (χ2n) is 4.27. The predicted molar refractivity (Wildman–Crippen MR) is 70.7 cm³/mol. The molecule has 0 spiro atoms. The number of rotatable bonds is 3. The molecule has 0 saturated heterocycles. The Morgan fingerprint density at radius 1 is 1.39 bits per heavy atom. The van der Waals surface area contributed by atoms with E-state index in [1.54, 1.807) is 24.3 Å². The number of hydrogen-bond donors (Lipinski definition) is 2. The standard InChI is InChI=1S/C12H12N4OS/c13-9-4-2-1-3-8(9)11(17)15-12-14-10(16-18-12)7-5-6-7/h1-4,7H,5-6,13H2,(H,14,15,16,17). The molecule has 1 aliphatic carbocycles. The third-order valence-electron chi connectivity index (χ3n) is 2.81. The first-order valence-corrected chi connectivity index (χ1v) is 6.51. The summed E-state index contributed by atoms with van der Waals surface area (Å²) in [6, 6.07) is 6.96. The van der Waals surface area contributed by atoms with Gasteiger partial charge >= 0.3 is 0 Å². The van der Waals surface area contributed by atoms with Crippen LogP contribution in [0.5, 0.6) is 0 Å². The van der Waals surface area contributed by atoms with Gasteiger partial charge in [0.1, 0.15) is 5.82 Å². The lowest BCUT2D eigenvalue weighted by atomic mass is 10.2. The van der Waals surface area contributed by atoms with Crippen LogP contribution in [0.4, 0.5) is 10.8 Å². The molecule has 0 atom stereocenters. The summed E-state index contributed by atoms with van der Waals surface area (Å²) in [5.41, 5.74) is 6.66. The van der Waals surface area contributed by atoms with Crippen molar-refractivity contribution < 1.29 is 4.79 Å². The highest BCUT2D eigenvalue weighted by Gasteiger charge is 2.28. The molecule has 2 aromatic rings. The third-order valence-corrected chi connectivity index (χ3v) is 3.45. The van der Waals surface area contributed by atoms with E-state index in [9.17, 15) is 4.79 Å². The fourth-order valence-electron chi connectivity index (χ4n) is 1.66. The molecule has 1 aromatic heterocycles. The molecular weight excluding hydrogens is 248 g/mol. The summed E-state index contributed by atoms with van der Waals surface area (Å²) in [6.07, 6.45) is 2.30. The maximum Gasteiger partial charge on any atom is 0.259 e. The molecule has 3 rings (SSSR count). The van der Waals surface area contributed by atoms with Crippen molar-refractivity contribution in [2.75, 3.05) is 11.1 Å². The van der Waals surface area contributed by atoms with E-state index in [2.05, 4.69) is 14.7 Å². The average molecular weight is 260 g/mol. The monoisotopic (exact) mass is 260 g/mol. The highest BCUT2D eigenvalue weighted by Crippen LogP contribution is 2.39. The van der Waals surface area contributed by atoms with E-state index in [-0.39, 0.29) is 5.91 Å². The summed E-state index contributed by atoms with van der Waals surface area (Å²) in [4.78, 5) is 16.3. The Morgan fingerprint density at radius 2 is 2.17 bits per heavy atom. The molecule has 1 fully saturated rings. The van der Waals surface area contributed by atoms with Gasteiger partial charge in [-0.15, -0.1) is 0 Å². The van der Waals surface area contributed by atoms with E-state index in [0.717, 1.165) is 18.7 Å². The topological polar surface area (TPSA) is 80.9 Å². The Morgan fingerprint density at radius 3 is 2.89 bits per heavy atom. The van der Waals surface area contributed by atoms with Gasteiger partial charge in [-0.05, 0) is 25.0 Å². The Bertz CT molecular complexity index is 591. The van der Waals surface area contributed by atoms with Crippen molar-refractivity contribution in [1.29, 1.82) is 0 Å². The van der Waals surface area contributed by atoms with Crippen LogP contribution in [0.2, 0.25) is 0 Å². The number of hydrogen-bond acceptors (Lipinski definition) is 5. The van der Waals surface area contributed by atoms with Crippen molar-refractivity contribution in [2.24, 2.45) is 0 Å². The van der Waals surface area contributed by atoms with Crippen LogP contribution in [0, 0.1) is 0 Å². The van der Waals surface area contributed by atoms with Gasteiger partial charge in [0.25, 0.3) is 5.91 Å². The van der Waals surface area contributed by atoms with Gasteiger partial charge in [-0.1, -0.05) is 12.1 Å². The smallest absolute Gasteiger partial charge is 0.259 e. The fraction of sp³-hybridized carbons (Fsp3) is 0.250. The van der Waals surface area contributed by atoms with E-state index in [1.807, 2.05) is 0 Å². The number of nitrogens with one attached hydrogen (secondary N) is 1. The van der Waals surface area contributed by atoms with Crippen LogP contribution in [0.3, 0.4) is 0 Å². The molecule has 1 saturated carbocycles. The number of aromatic nitrogens is 2. The molecule has 0 radical (unpaired) electrons. The Labute approximate surface area is 108 Å². The maximum atomic E-state index is 12.0. The predicted octanol–water partition coefficient (Wildman–Crippen LogP) is 2.25. The number of benzene rings is 1. The highest BCUT2D eigenvalue weighted by atomic mass is 32.1. The third kappa shape index (κ3) is 2.19. The van der Waals surface area contributed by atoms with Crippen molar-refractivity contribution >= 4 is 28.3 Å². The minimum absolute atomic E-state index is 0.244. The molecule has 18 heavy (non-hydrogen) atoms. The lowest BCUT2D eigenvalue weighted by Crippen LogP contribution is -2.13. The minimum Gasteiger partial charge on any atom is -0.398 e. The zero-order valence-corrected chi connectivity index (χ0v) is 10.4. The van der Waals surface area contributed by atoms with Crippen molar-refractivity contribution in [2.45, 2.75) is 18.8 Å². The van der Waals surface area contributed by atoms with Gasteiger partial charge in [0.05, 0.1) is 5.56 Å². The van der Waals surface area contributed by atoms with Gasteiger partial charge in [-0.25, -0.2) is 4.98 Å². The average Bonchev–Trinajstić information content (AvgIpc) is 3.11. The lowest BCUT2D eigenvalue weighted by molar-refractivity contribution is 0.102. The Hall–Kier alpha value is -1.95. The van der Waals surface area contributed by atoms with E-state index in [0.29, 0.717) is 22.3 Å². The summed E-state index contributed by atoms with van der Waals surface area (Å²) < 4.78 is 4.23. The summed E-state index contributed by atoms with van der Waals surface area (Å²) in [7, 11) is 0. The first-order valence-electron chi connectivity index (χ1n) is 5.73. The Balaban J connectivity index is 1.75. The number of amides is 1. The van der Waals surface area contributed by atoms with Crippen molar-refractivity contribution in [3.05, 3.63) is 35.7 Å². The number of nitrogen functional groups attached to an aromatic ring is 1. The minimum atomic E-state index is -0.244. The van der Waals surface area contributed by atoms with Crippen LogP contribution < -0.4 is 11.1 Å². The maximum absolute atomic E-state index is 12.0. The summed E-state index contributed by atoms with van der Waals surface area (Å²) >= 11 is 1.21. The van der Waals surface area contributed by atoms with E-state index >= 15 is 0 Å². The number of anilines is 2. The van der Waals surface area contributed by atoms with Gasteiger partial charge in [0.15, 0.2) is 0 Å². The van der Waals surface area contributed by atoms with Gasteiger partial charge in [0.2, 0.25) is 5.13 Å². The van der Waals surface area contributed by atoms with Crippen molar-refractivity contribution in [3.63, 3.8) is 0 Å². The molecular formula is C12H12N4OS. The van der Waals surface area contributed by atoms with Crippen LogP contribution in [0.1, 0.15) is 34.9 Å². The number of nitrogens with zero attached hydrogens (tertiary/aromatic N) is 2. The summed E-state index contributed by atoms with van der Waals surface area (Å²) in [5, 5.41) is 3.26. The van der Waals surface area contributed by atoms with Gasteiger partial charge in [0, 0.05) is 23.1 Å². The van der Waals surface area contributed by atoms with Crippen LogP contribution in [-0.4, -0.2) is 15.3 Å². The van der Waals surface area contributed by atoms with Crippen molar-refractivity contribution in [3.8, 4) is 0 Å². The first kappa shape index (κ1) is 11.2. The summed E-state index contributed by atoms with van der Waals surface area (Å²) in [6.45, 7) is 0. The van der Waals surface area contributed by atoms with Gasteiger partial charge in [-0.3, -0.25) is 10.1 Å². The fourth-order valence-corrected chi connectivity index (χ4v) is 2.30. The molecule has 0 bridgehead atoms.